The van der Waals surface area contributed by atoms with E-state index in [4.69, 9.17) is 0 Å². The maximum Gasteiger partial charge on any atom is 0.0540 e. The molecule has 3 heteroatoms. The predicted octanol–water partition coefficient (Wildman–Crippen LogP) is 9.85. The summed E-state index contributed by atoms with van der Waals surface area (Å²) in [4.78, 5) is 0. The Labute approximate surface area is 200 Å². The van der Waals surface area contributed by atoms with Crippen LogP contribution >= 0.6 is 45.3 Å². The van der Waals surface area contributed by atoms with E-state index >= 15 is 0 Å². The molecule has 0 aliphatic carbocycles. The number of benzene rings is 5. The van der Waals surface area contributed by atoms with Gasteiger partial charge < -0.3 is 0 Å². The summed E-state index contributed by atoms with van der Waals surface area (Å²) in [5.74, 6) is 0. The molecule has 2 aromatic heterocycles. The molecule has 0 saturated heterocycles. The highest BCUT2D eigenvalue weighted by Crippen LogP contribution is 2.49. The quantitative estimate of drug-likeness (QED) is 0.181. The lowest BCUT2D eigenvalue weighted by atomic mass is 9.97. The molecule has 0 spiro atoms. The fraction of sp³-hybridized carbons (Fsp3) is 0. The summed E-state index contributed by atoms with van der Waals surface area (Å²) >= 11 is 6.24. The molecule has 0 amide bonds. The summed E-state index contributed by atoms with van der Waals surface area (Å²) < 4.78 is 6.84. The van der Waals surface area contributed by atoms with Crippen LogP contribution in [0.3, 0.4) is 0 Å². The van der Waals surface area contributed by atoms with E-state index in [-0.39, 0.29) is 0 Å². The fourth-order valence-electron chi connectivity index (χ4n) is 4.74. The lowest BCUT2D eigenvalue weighted by Crippen LogP contribution is -1.80. The van der Waals surface area contributed by atoms with E-state index in [1.807, 2.05) is 22.7 Å². The highest BCUT2D eigenvalue weighted by atomic mass is 127. The van der Waals surface area contributed by atoms with Gasteiger partial charge in [-0.25, -0.2) is 0 Å². The molecule has 7 rings (SSSR count). The highest BCUT2D eigenvalue weighted by Gasteiger charge is 2.18. The minimum Gasteiger partial charge on any atom is -0.134 e. The lowest BCUT2D eigenvalue weighted by Gasteiger charge is -2.06. The van der Waals surface area contributed by atoms with Gasteiger partial charge in [-0.2, -0.15) is 0 Å². The van der Waals surface area contributed by atoms with E-state index < -0.39 is 0 Å². The minimum atomic E-state index is 1.27. The van der Waals surface area contributed by atoms with Gasteiger partial charge in [-0.1, -0.05) is 60.7 Å². The smallest absolute Gasteiger partial charge is 0.0540 e. The van der Waals surface area contributed by atoms with Gasteiger partial charge in [0.2, 0.25) is 0 Å². The van der Waals surface area contributed by atoms with Crippen molar-refractivity contribution in [1.29, 1.82) is 0 Å². The van der Waals surface area contributed by atoms with E-state index in [2.05, 4.69) is 114 Å². The molecule has 0 bridgehead atoms. The third kappa shape index (κ3) is 2.63. The number of rotatable bonds is 1. The second-order valence-electron chi connectivity index (χ2n) is 7.87. The van der Waals surface area contributed by atoms with Crippen molar-refractivity contribution in [2.24, 2.45) is 0 Å². The first-order valence-corrected chi connectivity index (χ1v) is 12.9. The molecule has 0 N–H and O–H groups in total. The van der Waals surface area contributed by atoms with Gasteiger partial charge in [-0.3, -0.25) is 0 Å². The summed E-state index contributed by atoms with van der Waals surface area (Å²) in [6, 6.07) is 33.5. The maximum atomic E-state index is 2.39. The average molecular weight is 542 g/mol. The highest BCUT2D eigenvalue weighted by molar-refractivity contribution is 14.1. The molecule has 0 aliphatic heterocycles. The van der Waals surface area contributed by atoms with Crippen molar-refractivity contribution < 1.29 is 0 Å². The van der Waals surface area contributed by atoms with Crippen LogP contribution in [0.4, 0.5) is 0 Å². The molecular weight excluding hydrogens is 527 g/mol. The molecule has 0 radical (unpaired) electrons. The van der Waals surface area contributed by atoms with Gasteiger partial charge in [0, 0.05) is 34.5 Å². The minimum absolute atomic E-state index is 1.27. The molecule has 0 unspecified atom stereocenters. The summed E-state index contributed by atoms with van der Waals surface area (Å²) in [5, 5.41) is 8.28. The third-order valence-corrected chi connectivity index (χ3v) is 9.36. The topological polar surface area (TPSA) is 0 Å². The molecule has 0 fully saturated rings. The van der Waals surface area contributed by atoms with E-state index in [9.17, 15) is 0 Å². The Kier molecular flexibility index (Phi) is 3.96. The first-order valence-electron chi connectivity index (χ1n) is 10.2. The van der Waals surface area contributed by atoms with Crippen molar-refractivity contribution in [3.8, 4) is 11.1 Å². The number of hydrogen-bond donors (Lipinski definition) is 0. The summed E-state index contributed by atoms with van der Waals surface area (Å²) in [7, 11) is 0. The van der Waals surface area contributed by atoms with E-state index in [0.29, 0.717) is 0 Å². The van der Waals surface area contributed by atoms with Crippen LogP contribution in [0.2, 0.25) is 0 Å². The Morgan fingerprint density at radius 3 is 1.74 bits per heavy atom. The van der Waals surface area contributed by atoms with Crippen molar-refractivity contribution in [1.82, 2.24) is 0 Å². The van der Waals surface area contributed by atoms with Crippen LogP contribution in [0.25, 0.3) is 62.2 Å². The van der Waals surface area contributed by atoms with Crippen molar-refractivity contribution >= 4 is 96.4 Å². The zero-order valence-electron chi connectivity index (χ0n) is 16.4. The SMILES string of the molecule is Ic1ccc(-c2ccc3sc4c5sc6ccccc6c5c5ccccc5c4c3c2)cc1. The predicted molar refractivity (Wildman–Crippen MR) is 148 cm³/mol. The van der Waals surface area contributed by atoms with E-state index in [0.717, 1.165) is 0 Å². The molecule has 5 aromatic carbocycles. The Morgan fingerprint density at radius 1 is 0.484 bits per heavy atom. The standard InChI is InChI=1S/C28H15IS2/c29-18-12-9-16(10-13-18)17-11-14-24-22(15-17)26-20-6-2-1-5-19(20)25-21-7-3-4-8-23(21)30-27(25)28(26)31-24/h1-15H. The molecule has 31 heavy (non-hydrogen) atoms. The van der Waals surface area contributed by atoms with E-state index in [1.54, 1.807) is 0 Å². The molecular formula is C28H15IS2. The maximum absolute atomic E-state index is 2.39. The van der Waals surface area contributed by atoms with E-state index in [1.165, 1.54) is 65.8 Å². The van der Waals surface area contributed by atoms with Gasteiger partial charge >= 0.3 is 0 Å². The molecule has 0 nitrogen and oxygen atoms in total. The zero-order valence-corrected chi connectivity index (χ0v) is 20.1. The van der Waals surface area contributed by atoms with Crippen molar-refractivity contribution in [3.63, 3.8) is 0 Å². The summed E-state index contributed by atoms with van der Waals surface area (Å²) in [6.07, 6.45) is 0. The number of hydrogen-bond acceptors (Lipinski definition) is 2. The molecule has 146 valence electrons. The molecule has 0 aliphatic rings. The Bertz CT molecular complexity index is 1790. The molecule has 0 atom stereocenters. The third-order valence-electron chi connectivity index (χ3n) is 6.13. The second kappa shape index (κ2) is 6.76. The number of thiophene rings is 2. The zero-order chi connectivity index (χ0) is 20.5. The van der Waals surface area contributed by atoms with Gasteiger partial charge in [0.05, 0.1) is 9.40 Å². The summed E-state index contributed by atoms with van der Waals surface area (Å²) in [5.41, 5.74) is 2.55. The van der Waals surface area contributed by atoms with Gasteiger partial charge in [-0.05, 0) is 74.8 Å². The van der Waals surface area contributed by atoms with Gasteiger partial charge in [0.1, 0.15) is 0 Å². The van der Waals surface area contributed by atoms with Crippen molar-refractivity contribution in [3.05, 3.63) is 94.6 Å². The van der Waals surface area contributed by atoms with Crippen LogP contribution in [0.5, 0.6) is 0 Å². The Balaban J connectivity index is 1.67. The van der Waals surface area contributed by atoms with Gasteiger partial charge in [0.15, 0.2) is 0 Å². The van der Waals surface area contributed by atoms with Crippen LogP contribution in [0.1, 0.15) is 0 Å². The average Bonchev–Trinajstić information content (AvgIpc) is 3.38. The monoisotopic (exact) mass is 542 g/mol. The normalized spacial score (nSPS) is 12.0. The summed E-state index contributed by atoms with van der Waals surface area (Å²) in [6.45, 7) is 0. The Hall–Kier alpha value is -2.47. The van der Waals surface area contributed by atoms with Crippen LogP contribution in [-0.2, 0) is 0 Å². The van der Waals surface area contributed by atoms with Gasteiger partial charge in [0.25, 0.3) is 0 Å². The van der Waals surface area contributed by atoms with Crippen LogP contribution < -0.4 is 0 Å². The molecule has 0 saturated carbocycles. The van der Waals surface area contributed by atoms with Crippen LogP contribution in [-0.4, -0.2) is 0 Å². The first-order chi connectivity index (χ1) is 15.3. The number of halogens is 1. The second-order valence-corrected chi connectivity index (χ2v) is 11.2. The van der Waals surface area contributed by atoms with Crippen LogP contribution in [0, 0.1) is 3.57 Å². The number of fused-ring (bicyclic) bond motifs is 10. The Morgan fingerprint density at radius 2 is 1.03 bits per heavy atom. The van der Waals surface area contributed by atoms with Crippen molar-refractivity contribution in [2.45, 2.75) is 0 Å². The lowest BCUT2D eigenvalue weighted by molar-refractivity contribution is 1.62. The molecule has 2 heterocycles. The van der Waals surface area contributed by atoms with Crippen molar-refractivity contribution in [2.75, 3.05) is 0 Å². The largest absolute Gasteiger partial charge is 0.134 e. The molecule has 7 aromatic rings. The van der Waals surface area contributed by atoms with Crippen LogP contribution in [0.15, 0.2) is 91.0 Å². The first kappa shape index (κ1) is 18.1. The fourth-order valence-corrected chi connectivity index (χ4v) is 7.66. The van der Waals surface area contributed by atoms with Gasteiger partial charge in [-0.15, -0.1) is 22.7 Å².